The molecule has 100 valence electrons. The zero-order valence-electron chi connectivity index (χ0n) is 9.57. The normalized spacial score (nSPS) is 14.2. The topological polar surface area (TPSA) is 128 Å². The van der Waals surface area contributed by atoms with Crippen molar-refractivity contribution in [2.75, 3.05) is 6.54 Å². The predicted molar refractivity (Wildman–Crippen MR) is 66.6 cm³/mol. The molecule has 2 rings (SSSR count). The Balaban J connectivity index is 0.000000280. The Hall–Kier alpha value is -1.64. The van der Waals surface area contributed by atoms with E-state index in [1.54, 1.807) is 0 Å². The van der Waals surface area contributed by atoms with E-state index in [-0.39, 0.29) is 5.96 Å². The van der Waals surface area contributed by atoms with E-state index in [0.717, 1.165) is 19.5 Å². The largest absolute Gasteiger partial charge is 0.394 e. The molecule has 0 unspecified atom stereocenters. The van der Waals surface area contributed by atoms with Crippen molar-refractivity contribution in [2.45, 2.75) is 13.0 Å². The first-order chi connectivity index (χ1) is 8.27. The average molecular weight is 273 g/mol. The lowest BCUT2D eigenvalue weighted by molar-refractivity contribution is 0.381. The zero-order chi connectivity index (χ0) is 13.8. The molecule has 1 heterocycles. The van der Waals surface area contributed by atoms with Gasteiger partial charge in [0.2, 0.25) is 0 Å². The number of guanidine groups is 1. The molecule has 1 aromatic carbocycles. The first-order valence-electron chi connectivity index (χ1n) is 5.13. The summed E-state index contributed by atoms with van der Waals surface area (Å²) in [6, 6.07) is 8.34. The van der Waals surface area contributed by atoms with Gasteiger partial charge in [-0.25, -0.2) is 0 Å². The molecule has 7 nitrogen and oxygen atoms in total. The van der Waals surface area contributed by atoms with Gasteiger partial charge in [-0.05, 0) is 17.5 Å². The molecular formula is C10H15N3O4S. The molecule has 0 atom stereocenters. The third kappa shape index (κ3) is 5.13. The van der Waals surface area contributed by atoms with E-state index in [4.69, 9.17) is 28.7 Å². The van der Waals surface area contributed by atoms with Gasteiger partial charge >= 0.3 is 10.4 Å². The van der Waals surface area contributed by atoms with Gasteiger partial charge in [0.1, 0.15) is 0 Å². The Kier molecular flexibility index (Phi) is 4.65. The number of benzene rings is 1. The van der Waals surface area contributed by atoms with Crippen LogP contribution in [0.1, 0.15) is 11.1 Å². The Morgan fingerprint density at radius 1 is 1.28 bits per heavy atom. The zero-order valence-corrected chi connectivity index (χ0v) is 10.4. The second kappa shape index (κ2) is 5.80. The smallest absolute Gasteiger partial charge is 0.370 e. The Morgan fingerprint density at radius 3 is 2.28 bits per heavy atom. The summed E-state index contributed by atoms with van der Waals surface area (Å²) >= 11 is 0. The average Bonchev–Trinajstić information content (AvgIpc) is 2.26. The van der Waals surface area contributed by atoms with E-state index < -0.39 is 10.4 Å². The lowest BCUT2D eigenvalue weighted by atomic mass is 10.0. The molecule has 0 fully saturated rings. The van der Waals surface area contributed by atoms with Gasteiger partial charge in [0, 0.05) is 13.1 Å². The molecule has 0 aromatic heterocycles. The minimum absolute atomic E-state index is 0.175. The van der Waals surface area contributed by atoms with Crippen LogP contribution in [0.15, 0.2) is 24.3 Å². The molecule has 0 amide bonds. The van der Waals surface area contributed by atoms with Gasteiger partial charge in [0.15, 0.2) is 5.96 Å². The van der Waals surface area contributed by atoms with Crippen LogP contribution in [0.2, 0.25) is 0 Å². The van der Waals surface area contributed by atoms with Crippen molar-refractivity contribution in [3.8, 4) is 0 Å². The van der Waals surface area contributed by atoms with Gasteiger partial charge in [-0.1, -0.05) is 24.3 Å². The lowest BCUT2D eigenvalue weighted by Gasteiger charge is -2.28. The van der Waals surface area contributed by atoms with Gasteiger partial charge in [0.05, 0.1) is 0 Å². The summed E-state index contributed by atoms with van der Waals surface area (Å²) in [6.07, 6.45) is 0.996. The van der Waals surface area contributed by atoms with Crippen molar-refractivity contribution in [2.24, 2.45) is 5.73 Å². The van der Waals surface area contributed by atoms with E-state index in [9.17, 15) is 0 Å². The molecule has 1 aromatic rings. The molecule has 1 aliphatic rings. The molecule has 0 bridgehead atoms. The highest BCUT2D eigenvalue weighted by atomic mass is 32.3. The van der Waals surface area contributed by atoms with Gasteiger partial charge < -0.3 is 10.6 Å². The summed E-state index contributed by atoms with van der Waals surface area (Å²) in [4.78, 5) is 1.89. The summed E-state index contributed by atoms with van der Waals surface area (Å²) in [5.41, 5.74) is 8.12. The first-order valence-corrected chi connectivity index (χ1v) is 6.52. The van der Waals surface area contributed by atoms with Crippen LogP contribution < -0.4 is 5.73 Å². The SMILES string of the molecule is N=C(N)N1CCc2ccccc2C1.O=S(=O)(O)O. The highest BCUT2D eigenvalue weighted by Crippen LogP contribution is 2.17. The number of nitrogens with two attached hydrogens (primary N) is 1. The summed E-state index contributed by atoms with van der Waals surface area (Å²) in [5, 5.41) is 7.33. The third-order valence-electron chi connectivity index (χ3n) is 2.47. The van der Waals surface area contributed by atoms with Crippen molar-refractivity contribution in [3.05, 3.63) is 35.4 Å². The van der Waals surface area contributed by atoms with Crippen molar-refractivity contribution < 1.29 is 17.5 Å². The van der Waals surface area contributed by atoms with Gasteiger partial charge in [0.25, 0.3) is 0 Å². The molecule has 1 aliphatic heterocycles. The molecule has 8 heteroatoms. The fourth-order valence-corrected chi connectivity index (χ4v) is 1.70. The molecule has 0 spiro atoms. The maximum absolute atomic E-state index is 8.74. The fraction of sp³-hybridized carbons (Fsp3) is 0.300. The Bertz CT molecular complexity index is 522. The minimum atomic E-state index is -4.67. The van der Waals surface area contributed by atoms with Crippen LogP contribution in [0.4, 0.5) is 0 Å². The molecule has 0 saturated heterocycles. The molecule has 0 saturated carbocycles. The van der Waals surface area contributed by atoms with Crippen molar-refractivity contribution >= 4 is 16.4 Å². The van der Waals surface area contributed by atoms with E-state index in [1.165, 1.54) is 11.1 Å². The summed E-state index contributed by atoms with van der Waals surface area (Å²) < 4.78 is 31.6. The van der Waals surface area contributed by atoms with Crippen LogP contribution in [-0.4, -0.2) is 34.9 Å². The highest BCUT2D eigenvalue weighted by Gasteiger charge is 2.15. The van der Waals surface area contributed by atoms with Crippen molar-refractivity contribution in [3.63, 3.8) is 0 Å². The van der Waals surface area contributed by atoms with E-state index >= 15 is 0 Å². The van der Waals surface area contributed by atoms with Crippen LogP contribution in [0.25, 0.3) is 0 Å². The van der Waals surface area contributed by atoms with E-state index in [2.05, 4.69) is 18.2 Å². The van der Waals surface area contributed by atoms with Gasteiger partial charge in [-0.3, -0.25) is 14.5 Å². The molecule has 0 radical (unpaired) electrons. The number of fused-ring (bicyclic) bond motifs is 1. The molecule has 18 heavy (non-hydrogen) atoms. The van der Waals surface area contributed by atoms with Crippen molar-refractivity contribution in [1.29, 1.82) is 5.41 Å². The van der Waals surface area contributed by atoms with Crippen LogP contribution in [0, 0.1) is 5.41 Å². The monoisotopic (exact) mass is 273 g/mol. The van der Waals surface area contributed by atoms with Crippen LogP contribution >= 0.6 is 0 Å². The second-order valence-corrected chi connectivity index (χ2v) is 4.67. The summed E-state index contributed by atoms with van der Waals surface area (Å²) in [6.45, 7) is 1.65. The molecular weight excluding hydrogens is 258 g/mol. The molecule has 0 aliphatic carbocycles. The number of hydrogen-bond donors (Lipinski definition) is 4. The minimum Gasteiger partial charge on any atom is -0.370 e. The lowest BCUT2D eigenvalue weighted by Crippen LogP contribution is -2.39. The van der Waals surface area contributed by atoms with Crippen LogP contribution in [0.3, 0.4) is 0 Å². The van der Waals surface area contributed by atoms with E-state index in [1.807, 2.05) is 11.0 Å². The number of nitrogens with one attached hydrogen (secondary N) is 1. The van der Waals surface area contributed by atoms with Gasteiger partial charge in [-0.2, -0.15) is 8.42 Å². The maximum atomic E-state index is 8.74. The third-order valence-corrected chi connectivity index (χ3v) is 2.47. The highest BCUT2D eigenvalue weighted by molar-refractivity contribution is 7.79. The van der Waals surface area contributed by atoms with Crippen LogP contribution in [-0.2, 0) is 23.4 Å². The van der Waals surface area contributed by atoms with Crippen molar-refractivity contribution in [1.82, 2.24) is 4.90 Å². The quantitative estimate of drug-likeness (QED) is 0.305. The first kappa shape index (κ1) is 14.4. The summed E-state index contributed by atoms with van der Waals surface area (Å²) in [7, 11) is -4.67. The standard InChI is InChI=1S/C10H13N3.H2O4S/c11-10(12)13-6-5-8-3-1-2-4-9(8)7-13;1-5(2,3)4/h1-4H,5-7H2,(H3,11,12);(H2,1,2,3,4). The second-order valence-electron chi connectivity index (χ2n) is 3.77. The predicted octanol–water partition coefficient (Wildman–Crippen LogP) is 0.285. The van der Waals surface area contributed by atoms with Crippen LogP contribution in [0.5, 0.6) is 0 Å². The van der Waals surface area contributed by atoms with Gasteiger partial charge in [-0.15, -0.1) is 0 Å². The Morgan fingerprint density at radius 2 is 1.78 bits per heavy atom. The molecule has 5 N–H and O–H groups in total. The summed E-state index contributed by atoms with van der Waals surface area (Å²) in [5.74, 6) is 0.175. The van der Waals surface area contributed by atoms with E-state index in [0.29, 0.717) is 0 Å². The number of hydrogen-bond acceptors (Lipinski definition) is 3. The number of rotatable bonds is 0. The number of nitrogens with zero attached hydrogens (tertiary/aromatic N) is 1. The maximum Gasteiger partial charge on any atom is 0.394 e. The Labute approximate surface area is 105 Å². The fourth-order valence-electron chi connectivity index (χ4n) is 1.70.